The molecule has 1 amide bonds. The van der Waals surface area contributed by atoms with Crippen LogP contribution < -0.4 is 16.4 Å². The fourth-order valence-corrected chi connectivity index (χ4v) is 1.51. The van der Waals surface area contributed by atoms with E-state index >= 15 is 0 Å². The van der Waals surface area contributed by atoms with Crippen molar-refractivity contribution in [2.24, 2.45) is 5.73 Å². The number of benzene rings is 1. The number of hydrogen-bond acceptors (Lipinski definition) is 2. The molecule has 17 heavy (non-hydrogen) atoms. The summed E-state index contributed by atoms with van der Waals surface area (Å²) in [7, 11) is 0. The molecule has 0 saturated carbocycles. The Labute approximate surface area is 111 Å². The highest BCUT2D eigenvalue weighted by molar-refractivity contribution is 7.80. The molecule has 0 saturated heterocycles. The highest BCUT2D eigenvalue weighted by atomic mass is 35.5. The minimum atomic E-state index is -0.144. The number of nitrogens with one attached hydrogen (secondary N) is 2. The molecule has 0 atom stereocenters. The van der Waals surface area contributed by atoms with Gasteiger partial charge in [-0.3, -0.25) is 4.79 Å². The minimum Gasteiger partial charge on any atom is -0.376 e. The third-order valence-electron chi connectivity index (χ3n) is 2.02. The standard InChI is InChI=1S/C11H14ClN3OS/c1-2-5-14-10(16)7-3-4-8(12)9(6-7)15-11(13)17/h3-4,6H,2,5H2,1H3,(H,14,16)(H3,13,15,17). The normalized spacial score (nSPS) is 9.76. The molecule has 4 N–H and O–H groups in total. The fraction of sp³-hybridized carbons (Fsp3) is 0.273. The number of anilines is 1. The summed E-state index contributed by atoms with van der Waals surface area (Å²) in [5.74, 6) is -0.144. The van der Waals surface area contributed by atoms with Gasteiger partial charge in [-0.1, -0.05) is 18.5 Å². The van der Waals surface area contributed by atoms with Crippen molar-refractivity contribution in [3.63, 3.8) is 0 Å². The summed E-state index contributed by atoms with van der Waals surface area (Å²) in [6, 6.07) is 4.90. The lowest BCUT2D eigenvalue weighted by atomic mass is 10.2. The first kappa shape index (κ1) is 13.7. The van der Waals surface area contributed by atoms with E-state index in [9.17, 15) is 4.79 Å². The van der Waals surface area contributed by atoms with Crippen LogP contribution in [-0.2, 0) is 0 Å². The van der Waals surface area contributed by atoms with Gasteiger partial charge in [0.25, 0.3) is 5.91 Å². The Morgan fingerprint density at radius 2 is 2.24 bits per heavy atom. The molecule has 0 bridgehead atoms. The van der Waals surface area contributed by atoms with Gasteiger partial charge in [0.2, 0.25) is 0 Å². The number of halogens is 1. The number of carbonyl (C=O) groups excluding carboxylic acids is 1. The molecule has 0 aromatic heterocycles. The summed E-state index contributed by atoms with van der Waals surface area (Å²) in [5.41, 5.74) is 6.41. The average molecular weight is 272 g/mol. The molecule has 0 spiro atoms. The summed E-state index contributed by atoms with van der Waals surface area (Å²) in [6.45, 7) is 2.63. The van der Waals surface area contributed by atoms with Crippen LogP contribution in [0.1, 0.15) is 23.7 Å². The van der Waals surface area contributed by atoms with E-state index in [4.69, 9.17) is 29.6 Å². The number of rotatable bonds is 4. The first-order chi connectivity index (χ1) is 8.04. The maximum Gasteiger partial charge on any atom is 0.251 e. The predicted octanol–water partition coefficient (Wildman–Crippen LogP) is 2.14. The molecule has 0 radical (unpaired) electrons. The summed E-state index contributed by atoms with van der Waals surface area (Å²) in [6.07, 6.45) is 0.886. The lowest BCUT2D eigenvalue weighted by molar-refractivity contribution is 0.0953. The van der Waals surface area contributed by atoms with Crippen molar-refractivity contribution >= 4 is 40.5 Å². The van der Waals surface area contributed by atoms with Crippen LogP contribution in [0.2, 0.25) is 5.02 Å². The zero-order valence-electron chi connectivity index (χ0n) is 9.42. The quantitative estimate of drug-likeness (QED) is 0.734. The van der Waals surface area contributed by atoms with Gasteiger partial charge in [-0.15, -0.1) is 0 Å². The SMILES string of the molecule is CCCNC(=O)c1ccc(Cl)c(NC(N)=S)c1. The maximum atomic E-state index is 11.7. The fourth-order valence-electron chi connectivity index (χ4n) is 1.24. The van der Waals surface area contributed by atoms with Crippen LogP contribution in [-0.4, -0.2) is 17.6 Å². The first-order valence-corrected chi connectivity index (χ1v) is 5.97. The van der Waals surface area contributed by atoms with Crippen molar-refractivity contribution in [1.82, 2.24) is 5.32 Å². The van der Waals surface area contributed by atoms with Gasteiger partial charge in [-0.05, 0) is 36.8 Å². The second-order valence-corrected chi connectivity index (χ2v) is 4.29. The Hall–Kier alpha value is -1.33. The average Bonchev–Trinajstić information content (AvgIpc) is 2.28. The van der Waals surface area contributed by atoms with Crippen molar-refractivity contribution in [3.8, 4) is 0 Å². The van der Waals surface area contributed by atoms with E-state index in [1.165, 1.54) is 0 Å². The molecule has 0 fully saturated rings. The van der Waals surface area contributed by atoms with Crippen LogP contribution in [0.3, 0.4) is 0 Å². The van der Waals surface area contributed by atoms with Gasteiger partial charge < -0.3 is 16.4 Å². The van der Waals surface area contributed by atoms with E-state index in [0.29, 0.717) is 22.8 Å². The Kier molecular flexibility index (Phi) is 5.18. The molecule has 0 aliphatic carbocycles. The van der Waals surface area contributed by atoms with Gasteiger partial charge in [0.1, 0.15) is 0 Å². The van der Waals surface area contributed by atoms with Crippen LogP contribution in [0.15, 0.2) is 18.2 Å². The van der Waals surface area contributed by atoms with Crippen LogP contribution >= 0.6 is 23.8 Å². The number of carbonyl (C=O) groups is 1. The molecule has 1 aromatic carbocycles. The predicted molar refractivity (Wildman–Crippen MR) is 74.5 cm³/mol. The van der Waals surface area contributed by atoms with Crippen LogP contribution in [0.25, 0.3) is 0 Å². The van der Waals surface area contributed by atoms with Crippen molar-refractivity contribution < 1.29 is 4.79 Å². The Morgan fingerprint density at radius 3 is 2.82 bits per heavy atom. The van der Waals surface area contributed by atoms with E-state index in [1.54, 1.807) is 18.2 Å². The third kappa shape index (κ3) is 4.20. The zero-order valence-corrected chi connectivity index (χ0v) is 11.0. The number of thiocarbonyl (C=S) groups is 1. The van der Waals surface area contributed by atoms with Crippen LogP contribution in [0.5, 0.6) is 0 Å². The van der Waals surface area contributed by atoms with Gasteiger partial charge in [-0.25, -0.2) is 0 Å². The van der Waals surface area contributed by atoms with Crippen molar-refractivity contribution in [2.75, 3.05) is 11.9 Å². The smallest absolute Gasteiger partial charge is 0.251 e. The summed E-state index contributed by atoms with van der Waals surface area (Å²) >= 11 is 10.7. The highest BCUT2D eigenvalue weighted by Gasteiger charge is 2.08. The van der Waals surface area contributed by atoms with Gasteiger partial charge in [0, 0.05) is 12.1 Å². The maximum absolute atomic E-state index is 11.7. The minimum absolute atomic E-state index is 0.109. The molecule has 0 aliphatic rings. The van der Waals surface area contributed by atoms with Crippen molar-refractivity contribution in [1.29, 1.82) is 0 Å². The number of hydrogen-bond donors (Lipinski definition) is 3. The lowest BCUT2D eigenvalue weighted by Crippen LogP contribution is -2.24. The van der Waals surface area contributed by atoms with Crippen molar-refractivity contribution in [3.05, 3.63) is 28.8 Å². The van der Waals surface area contributed by atoms with E-state index in [0.717, 1.165) is 6.42 Å². The molecule has 0 aliphatic heterocycles. The second-order valence-electron chi connectivity index (χ2n) is 3.44. The van der Waals surface area contributed by atoms with Crippen LogP contribution in [0, 0.1) is 0 Å². The molecular weight excluding hydrogens is 258 g/mol. The molecule has 1 aromatic rings. The topological polar surface area (TPSA) is 67.2 Å². The molecule has 6 heteroatoms. The summed E-state index contributed by atoms with van der Waals surface area (Å²) in [4.78, 5) is 11.7. The molecule has 92 valence electrons. The molecule has 0 heterocycles. The van der Waals surface area contributed by atoms with E-state index in [1.807, 2.05) is 6.92 Å². The lowest BCUT2D eigenvalue weighted by Gasteiger charge is -2.09. The van der Waals surface area contributed by atoms with Crippen molar-refractivity contribution in [2.45, 2.75) is 13.3 Å². The second kappa shape index (κ2) is 6.42. The Bertz CT molecular complexity index is 437. The highest BCUT2D eigenvalue weighted by Crippen LogP contribution is 2.22. The van der Waals surface area contributed by atoms with Crippen LogP contribution in [0.4, 0.5) is 5.69 Å². The number of nitrogens with two attached hydrogens (primary N) is 1. The molecular formula is C11H14ClN3OS. The Morgan fingerprint density at radius 1 is 1.53 bits per heavy atom. The van der Waals surface area contributed by atoms with Gasteiger partial charge in [0.15, 0.2) is 5.11 Å². The summed E-state index contributed by atoms with van der Waals surface area (Å²) in [5, 5.41) is 6.07. The molecule has 1 rings (SSSR count). The van der Waals surface area contributed by atoms with Gasteiger partial charge in [0.05, 0.1) is 10.7 Å². The monoisotopic (exact) mass is 271 g/mol. The number of amides is 1. The largest absolute Gasteiger partial charge is 0.376 e. The Balaban J connectivity index is 2.87. The van der Waals surface area contributed by atoms with E-state index < -0.39 is 0 Å². The van der Waals surface area contributed by atoms with E-state index in [-0.39, 0.29) is 11.0 Å². The molecule has 0 unspecified atom stereocenters. The molecule has 4 nitrogen and oxygen atoms in total. The zero-order chi connectivity index (χ0) is 12.8. The van der Waals surface area contributed by atoms with E-state index in [2.05, 4.69) is 10.6 Å². The van der Waals surface area contributed by atoms with Gasteiger partial charge in [-0.2, -0.15) is 0 Å². The third-order valence-corrected chi connectivity index (χ3v) is 2.45. The summed E-state index contributed by atoms with van der Waals surface area (Å²) < 4.78 is 0. The van der Waals surface area contributed by atoms with Gasteiger partial charge >= 0.3 is 0 Å². The first-order valence-electron chi connectivity index (χ1n) is 5.18.